The fourth-order valence-corrected chi connectivity index (χ4v) is 1.57. The second-order valence-electron chi connectivity index (χ2n) is 3.19. The fraction of sp³-hybridized carbons (Fsp3) is 0.200. The molecule has 0 saturated heterocycles. The summed E-state index contributed by atoms with van der Waals surface area (Å²) >= 11 is -0.298. The number of carbonyl (C=O) groups excluding carboxylic acids is 1. The number of nitrogens with one attached hydrogen (secondary N) is 1. The smallest absolute Gasteiger partial charge is 0.446 e. The van der Waals surface area contributed by atoms with Crippen molar-refractivity contribution in [1.29, 1.82) is 0 Å². The number of carboxylic acid groups (broad SMARTS) is 1. The van der Waals surface area contributed by atoms with E-state index in [0.717, 1.165) is 12.1 Å². The third kappa shape index (κ3) is 6.11. The molecule has 19 heavy (non-hydrogen) atoms. The van der Waals surface area contributed by atoms with Crippen LogP contribution in [0.2, 0.25) is 0 Å². The molecule has 0 aliphatic heterocycles. The number of alkyl halides is 3. The molecule has 1 aromatic carbocycles. The van der Waals surface area contributed by atoms with E-state index in [1.165, 1.54) is 12.1 Å². The Balaban J connectivity index is 2.56. The molecule has 0 fully saturated rings. The minimum atomic E-state index is -4.39. The zero-order valence-electron chi connectivity index (χ0n) is 9.23. The summed E-state index contributed by atoms with van der Waals surface area (Å²) in [5, 5.41) is 8.26. The fourth-order valence-electron chi connectivity index (χ4n) is 1.03. The molecule has 0 radical (unpaired) electrons. The molecule has 0 aliphatic rings. The zero-order valence-corrected chi connectivity index (χ0v) is 10.0. The predicted octanol–water partition coefficient (Wildman–Crippen LogP) is 2.04. The molecule has 0 bridgehead atoms. The maximum atomic E-state index is 12.1. The SMILES string of the molecule is O=C(O)CONC(=O)c1ccc(SC(F)(F)F)cc1. The van der Waals surface area contributed by atoms with Crippen LogP contribution >= 0.6 is 11.8 Å². The number of carbonyl (C=O) groups is 2. The van der Waals surface area contributed by atoms with E-state index in [-0.39, 0.29) is 22.2 Å². The highest BCUT2D eigenvalue weighted by Crippen LogP contribution is 2.36. The first kappa shape index (κ1) is 15.3. The monoisotopic (exact) mass is 295 g/mol. The largest absolute Gasteiger partial charge is 0.479 e. The van der Waals surface area contributed by atoms with Crippen molar-refractivity contribution < 1.29 is 32.7 Å². The molecule has 0 aromatic heterocycles. The van der Waals surface area contributed by atoms with Crippen LogP contribution in [0.15, 0.2) is 29.2 Å². The number of hydrogen-bond acceptors (Lipinski definition) is 4. The lowest BCUT2D eigenvalue weighted by Gasteiger charge is -2.07. The van der Waals surface area contributed by atoms with Gasteiger partial charge in [-0.1, -0.05) is 0 Å². The number of benzene rings is 1. The number of thioether (sulfide) groups is 1. The first-order valence-corrected chi connectivity index (χ1v) is 5.59. The molecule has 1 amide bonds. The molecule has 5 nitrogen and oxygen atoms in total. The molecule has 0 saturated carbocycles. The minimum Gasteiger partial charge on any atom is -0.479 e. The average Bonchev–Trinajstić information content (AvgIpc) is 2.27. The van der Waals surface area contributed by atoms with Gasteiger partial charge in [0.05, 0.1) is 0 Å². The molecule has 0 heterocycles. The van der Waals surface area contributed by atoms with Crippen molar-refractivity contribution in [3.63, 3.8) is 0 Å². The van der Waals surface area contributed by atoms with Gasteiger partial charge < -0.3 is 5.11 Å². The molecular formula is C10H8F3NO4S. The second-order valence-corrected chi connectivity index (χ2v) is 4.32. The lowest BCUT2D eigenvalue weighted by Crippen LogP contribution is -2.26. The van der Waals surface area contributed by atoms with E-state index >= 15 is 0 Å². The van der Waals surface area contributed by atoms with Crippen LogP contribution in [0.3, 0.4) is 0 Å². The van der Waals surface area contributed by atoms with Gasteiger partial charge in [-0.25, -0.2) is 10.3 Å². The van der Waals surface area contributed by atoms with Gasteiger partial charge in [0.1, 0.15) is 0 Å². The Labute approximate surface area is 109 Å². The van der Waals surface area contributed by atoms with Crippen LogP contribution in [0.5, 0.6) is 0 Å². The van der Waals surface area contributed by atoms with Gasteiger partial charge in [-0.2, -0.15) is 13.2 Å². The van der Waals surface area contributed by atoms with E-state index in [0.29, 0.717) is 0 Å². The van der Waals surface area contributed by atoms with Gasteiger partial charge in [-0.15, -0.1) is 0 Å². The molecule has 9 heteroatoms. The molecule has 0 atom stereocenters. The Bertz CT molecular complexity index is 461. The van der Waals surface area contributed by atoms with Gasteiger partial charge in [-0.05, 0) is 36.0 Å². The third-order valence-electron chi connectivity index (χ3n) is 1.71. The molecule has 1 rings (SSSR count). The molecule has 0 spiro atoms. The Morgan fingerprint density at radius 1 is 1.26 bits per heavy atom. The number of carboxylic acids is 1. The quantitative estimate of drug-likeness (QED) is 0.642. The summed E-state index contributed by atoms with van der Waals surface area (Å²) in [4.78, 5) is 25.8. The summed E-state index contributed by atoms with van der Waals surface area (Å²) in [5.41, 5.74) is -2.49. The van der Waals surface area contributed by atoms with Crippen LogP contribution in [0.1, 0.15) is 10.4 Å². The average molecular weight is 295 g/mol. The summed E-state index contributed by atoms with van der Waals surface area (Å²) in [7, 11) is 0. The van der Waals surface area contributed by atoms with Gasteiger partial charge >= 0.3 is 11.5 Å². The van der Waals surface area contributed by atoms with Crippen LogP contribution in [-0.4, -0.2) is 29.1 Å². The number of rotatable bonds is 5. The van der Waals surface area contributed by atoms with Crippen LogP contribution in [-0.2, 0) is 9.63 Å². The Kier molecular flexibility index (Phi) is 5.19. The first-order chi connectivity index (χ1) is 8.78. The zero-order chi connectivity index (χ0) is 14.5. The molecular weight excluding hydrogens is 287 g/mol. The minimum absolute atomic E-state index is 0.0527. The van der Waals surface area contributed by atoms with Gasteiger partial charge in [0.15, 0.2) is 6.61 Å². The lowest BCUT2D eigenvalue weighted by atomic mass is 10.2. The summed E-state index contributed by atoms with van der Waals surface area (Å²) in [5.74, 6) is -2.01. The van der Waals surface area contributed by atoms with Crippen LogP contribution < -0.4 is 5.48 Å². The first-order valence-electron chi connectivity index (χ1n) is 4.77. The Hall–Kier alpha value is -1.74. The summed E-state index contributed by atoms with van der Waals surface area (Å²) in [6, 6.07) is 4.61. The van der Waals surface area contributed by atoms with Crippen LogP contribution in [0, 0.1) is 0 Å². The van der Waals surface area contributed by atoms with E-state index in [2.05, 4.69) is 4.84 Å². The maximum Gasteiger partial charge on any atom is 0.446 e. The predicted molar refractivity (Wildman–Crippen MR) is 59.4 cm³/mol. The number of halogens is 3. The van der Waals surface area contributed by atoms with Crippen molar-refractivity contribution in [2.24, 2.45) is 0 Å². The van der Waals surface area contributed by atoms with Crippen molar-refractivity contribution in [3.05, 3.63) is 29.8 Å². The topological polar surface area (TPSA) is 75.6 Å². The molecule has 2 N–H and O–H groups in total. The number of hydrogen-bond donors (Lipinski definition) is 2. The van der Waals surface area contributed by atoms with Gasteiger partial charge in [0.2, 0.25) is 0 Å². The van der Waals surface area contributed by atoms with Gasteiger partial charge in [0.25, 0.3) is 5.91 Å². The van der Waals surface area contributed by atoms with E-state index < -0.39 is 24.0 Å². The van der Waals surface area contributed by atoms with E-state index in [1.54, 1.807) is 0 Å². The van der Waals surface area contributed by atoms with E-state index in [4.69, 9.17) is 5.11 Å². The van der Waals surface area contributed by atoms with Crippen LogP contribution in [0.25, 0.3) is 0 Å². The summed E-state index contributed by atoms with van der Waals surface area (Å²) < 4.78 is 36.2. The van der Waals surface area contributed by atoms with Gasteiger partial charge in [-0.3, -0.25) is 9.63 Å². The van der Waals surface area contributed by atoms with E-state index in [9.17, 15) is 22.8 Å². The normalized spacial score (nSPS) is 11.1. The highest BCUT2D eigenvalue weighted by molar-refractivity contribution is 8.00. The Morgan fingerprint density at radius 2 is 1.84 bits per heavy atom. The highest BCUT2D eigenvalue weighted by Gasteiger charge is 2.29. The van der Waals surface area contributed by atoms with Crippen molar-refractivity contribution in [2.45, 2.75) is 10.4 Å². The molecule has 1 aromatic rings. The molecule has 0 unspecified atom stereocenters. The maximum absolute atomic E-state index is 12.1. The van der Waals surface area contributed by atoms with Crippen molar-refractivity contribution in [3.8, 4) is 0 Å². The summed E-state index contributed by atoms with van der Waals surface area (Å²) in [6.07, 6.45) is 0. The van der Waals surface area contributed by atoms with E-state index in [1.807, 2.05) is 5.48 Å². The third-order valence-corrected chi connectivity index (χ3v) is 2.45. The summed E-state index contributed by atoms with van der Waals surface area (Å²) in [6.45, 7) is -0.715. The number of aliphatic carboxylic acids is 1. The van der Waals surface area contributed by atoms with Crippen molar-refractivity contribution in [1.82, 2.24) is 5.48 Å². The number of hydroxylamine groups is 1. The highest BCUT2D eigenvalue weighted by atomic mass is 32.2. The number of amides is 1. The lowest BCUT2D eigenvalue weighted by molar-refractivity contribution is -0.144. The second kappa shape index (κ2) is 6.43. The van der Waals surface area contributed by atoms with Crippen molar-refractivity contribution in [2.75, 3.05) is 6.61 Å². The van der Waals surface area contributed by atoms with Crippen molar-refractivity contribution >= 4 is 23.6 Å². The van der Waals surface area contributed by atoms with Crippen LogP contribution in [0.4, 0.5) is 13.2 Å². The van der Waals surface area contributed by atoms with Gasteiger partial charge in [0, 0.05) is 10.5 Å². The standard InChI is InChI=1S/C10H8F3NO4S/c11-10(12,13)19-7-3-1-6(2-4-7)9(17)14-18-5-8(15)16/h1-4H,5H2,(H,14,17)(H,15,16). The Morgan fingerprint density at radius 3 is 2.32 bits per heavy atom. The molecule has 104 valence electrons. The molecule has 0 aliphatic carbocycles.